The van der Waals surface area contributed by atoms with E-state index in [4.69, 9.17) is 23.8 Å². The average Bonchev–Trinajstić information content (AvgIpc) is 2.99. The fourth-order valence-corrected chi connectivity index (χ4v) is 2.30. The van der Waals surface area contributed by atoms with Crippen molar-refractivity contribution in [2.24, 2.45) is 0 Å². The smallest absolute Gasteiger partial charge is 0.290 e. The Labute approximate surface area is 142 Å². The lowest BCUT2D eigenvalue weighted by atomic mass is 10.2. The summed E-state index contributed by atoms with van der Waals surface area (Å²) in [7, 11) is 0. The van der Waals surface area contributed by atoms with Gasteiger partial charge in [-0.15, -0.1) is 0 Å². The monoisotopic (exact) mass is 345 g/mol. The van der Waals surface area contributed by atoms with E-state index in [0.717, 1.165) is 16.6 Å². The minimum absolute atomic E-state index is 0.250. The van der Waals surface area contributed by atoms with Crippen molar-refractivity contribution in [1.82, 2.24) is 21.0 Å². The first kappa shape index (κ1) is 15.3. The first-order chi connectivity index (χ1) is 11.1. The maximum atomic E-state index is 12.2. The summed E-state index contributed by atoms with van der Waals surface area (Å²) in [6.45, 7) is 0. The number of benzene rings is 2. The molecule has 0 saturated heterocycles. The van der Waals surface area contributed by atoms with Gasteiger partial charge in [0.05, 0.1) is 5.52 Å². The van der Waals surface area contributed by atoms with Crippen LogP contribution in [0.4, 0.5) is 5.69 Å². The van der Waals surface area contributed by atoms with Gasteiger partial charge < -0.3 is 5.32 Å². The van der Waals surface area contributed by atoms with Crippen LogP contribution in [0.5, 0.6) is 0 Å². The SMILES string of the molecule is O=C(NNC(=S)Nc1ccc(Cl)cc1)c1n[nH]c2ccccc12. The number of hydrogen-bond acceptors (Lipinski definition) is 3. The van der Waals surface area contributed by atoms with E-state index in [0.29, 0.717) is 10.7 Å². The number of H-pyrrole nitrogens is 1. The van der Waals surface area contributed by atoms with Gasteiger partial charge >= 0.3 is 0 Å². The van der Waals surface area contributed by atoms with E-state index < -0.39 is 0 Å². The Bertz CT molecular complexity index is 862. The van der Waals surface area contributed by atoms with Crippen molar-refractivity contribution in [2.45, 2.75) is 0 Å². The molecule has 1 amide bonds. The molecule has 0 spiro atoms. The van der Waals surface area contributed by atoms with Gasteiger partial charge in [0.15, 0.2) is 10.8 Å². The van der Waals surface area contributed by atoms with Crippen LogP contribution in [0, 0.1) is 0 Å². The van der Waals surface area contributed by atoms with Gasteiger partial charge in [0.25, 0.3) is 5.91 Å². The average molecular weight is 346 g/mol. The van der Waals surface area contributed by atoms with Gasteiger partial charge in [0.1, 0.15) is 0 Å². The van der Waals surface area contributed by atoms with Crippen LogP contribution in [0.3, 0.4) is 0 Å². The van der Waals surface area contributed by atoms with Gasteiger partial charge in [0, 0.05) is 16.1 Å². The minimum atomic E-state index is -0.386. The largest absolute Gasteiger partial charge is 0.331 e. The number of fused-ring (bicyclic) bond motifs is 1. The fraction of sp³-hybridized carbons (Fsp3) is 0. The standard InChI is InChI=1S/C15H12ClN5OS/c16-9-5-7-10(8-6-9)17-15(23)21-20-14(22)13-11-3-1-2-4-12(11)18-19-13/h1-8H,(H,18,19)(H,20,22)(H2,17,21,23). The Morgan fingerprint density at radius 3 is 2.61 bits per heavy atom. The molecule has 2 aromatic carbocycles. The predicted molar refractivity (Wildman–Crippen MR) is 94.4 cm³/mol. The maximum Gasteiger partial charge on any atom is 0.290 e. The van der Waals surface area contributed by atoms with Crippen molar-refractivity contribution in [3.05, 3.63) is 59.2 Å². The van der Waals surface area contributed by atoms with E-state index in [2.05, 4.69) is 26.4 Å². The molecule has 3 rings (SSSR count). The molecule has 0 unspecified atom stereocenters. The second-order valence-electron chi connectivity index (χ2n) is 4.66. The molecular formula is C15H12ClN5OS. The summed E-state index contributed by atoms with van der Waals surface area (Å²) >= 11 is 10.9. The molecule has 3 aromatic rings. The van der Waals surface area contributed by atoms with Crippen molar-refractivity contribution in [1.29, 1.82) is 0 Å². The second-order valence-corrected chi connectivity index (χ2v) is 5.50. The molecule has 0 aliphatic carbocycles. The third-order valence-electron chi connectivity index (χ3n) is 3.08. The normalized spacial score (nSPS) is 10.3. The number of aromatic nitrogens is 2. The zero-order valence-electron chi connectivity index (χ0n) is 11.8. The summed E-state index contributed by atoms with van der Waals surface area (Å²) in [5, 5.41) is 11.4. The Morgan fingerprint density at radius 1 is 1.09 bits per heavy atom. The topological polar surface area (TPSA) is 81.8 Å². The number of amides is 1. The van der Waals surface area contributed by atoms with Crippen molar-refractivity contribution in [3.63, 3.8) is 0 Å². The number of halogens is 1. The van der Waals surface area contributed by atoms with Gasteiger partial charge in [-0.2, -0.15) is 5.10 Å². The van der Waals surface area contributed by atoms with E-state index in [1.807, 2.05) is 24.3 Å². The number of nitrogens with zero attached hydrogens (tertiary/aromatic N) is 1. The van der Waals surface area contributed by atoms with E-state index in [9.17, 15) is 4.79 Å². The second kappa shape index (κ2) is 6.64. The van der Waals surface area contributed by atoms with Crippen LogP contribution in [0.15, 0.2) is 48.5 Å². The third-order valence-corrected chi connectivity index (χ3v) is 3.53. The molecule has 0 saturated carbocycles. The molecular weight excluding hydrogens is 334 g/mol. The molecule has 0 fully saturated rings. The van der Waals surface area contributed by atoms with Crippen molar-refractivity contribution in [3.8, 4) is 0 Å². The number of thiocarbonyl (C=S) groups is 1. The van der Waals surface area contributed by atoms with Gasteiger partial charge in [-0.25, -0.2) is 0 Å². The number of hydrazine groups is 1. The van der Waals surface area contributed by atoms with Crippen LogP contribution in [-0.4, -0.2) is 21.2 Å². The molecule has 0 bridgehead atoms. The molecule has 4 N–H and O–H groups in total. The summed E-state index contributed by atoms with van der Waals surface area (Å²) in [5.74, 6) is -0.386. The Hall–Kier alpha value is -2.64. The molecule has 0 atom stereocenters. The Morgan fingerprint density at radius 2 is 1.83 bits per heavy atom. The molecule has 0 aliphatic rings. The summed E-state index contributed by atoms with van der Waals surface area (Å²) < 4.78 is 0. The van der Waals surface area contributed by atoms with Gasteiger partial charge in [-0.05, 0) is 42.5 Å². The number of hydrogen-bond donors (Lipinski definition) is 4. The number of carbonyl (C=O) groups is 1. The predicted octanol–water partition coefficient (Wildman–Crippen LogP) is 2.85. The van der Waals surface area contributed by atoms with Gasteiger partial charge in [-0.1, -0.05) is 29.8 Å². The summed E-state index contributed by atoms with van der Waals surface area (Å²) in [6.07, 6.45) is 0. The highest BCUT2D eigenvalue weighted by atomic mass is 35.5. The molecule has 23 heavy (non-hydrogen) atoms. The van der Waals surface area contributed by atoms with Crippen molar-refractivity contribution < 1.29 is 4.79 Å². The van der Waals surface area contributed by atoms with Crippen LogP contribution in [0.1, 0.15) is 10.5 Å². The molecule has 6 nitrogen and oxygen atoms in total. The van der Waals surface area contributed by atoms with Crippen LogP contribution in [0.2, 0.25) is 5.02 Å². The molecule has 116 valence electrons. The van der Waals surface area contributed by atoms with Crippen LogP contribution >= 0.6 is 23.8 Å². The van der Waals surface area contributed by atoms with Crippen LogP contribution in [0.25, 0.3) is 10.9 Å². The molecule has 1 heterocycles. The molecule has 8 heteroatoms. The van der Waals surface area contributed by atoms with E-state index >= 15 is 0 Å². The van der Waals surface area contributed by atoms with Crippen molar-refractivity contribution in [2.75, 3.05) is 5.32 Å². The number of anilines is 1. The lowest BCUT2D eigenvalue weighted by Crippen LogP contribution is -2.43. The van der Waals surface area contributed by atoms with Crippen LogP contribution < -0.4 is 16.2 Å². The first-order valence-corrected chi connectivity index (χ1v) is 7.48. The number of nitrogens with one attached hydrogen (secondary N) is 4. The highest BCUT2D eigenvalue weighted by molar-refractivity contribution is 7.80. The lowest BCUT2D eigenvalue weighted by molar-refractivity contribution is 0.0940. The third kappa shape index (κ3) is 3.58. The highest BCUT2D eigenvalue weighted by Gasteiger charge is 2.13. The summed E-state index contributed by atoms with van der Waals surface area (Å²) in [5.41, 5.74) is 6.98. The molecule has 0 aliphatic heterocycles. The van der Waals surface area contributed by atoms with Crippen molar-refractivity contribution >= 4 is 51.4 Å². The number of carbonyl (C=O) groups excluding carboxylic acids is 1. The number of para-hydroxylation sites is 1. The fourth-order valence-electron chi connectivity index (χ4n) is 2.00. The van der Waals surface area contributed by atoms with Gasteiger partial charge in [-0.3, -0.25) is 20.7 Å². The zero-order valence-corrected chi connectivity index (χ0v) is 13.3. The van der Waals surface area contributed by atoms with E-state index in [-0.39, 0.29) is 11.0 Å². The number of rotatable bonds is 2. The Kier molecular flexibility index (Phi) is 4.40. The summed E-state index contributed by atoms with van der Waals surface area (Å²) in [4.78, 5) is 12.2. The van der Waals surface area contributed by atoms with E-state index in [1.165, 1.54) is 0 Å². The zero-order chi connectivity index (χ0) is 16.2. The maximum absolute atomic E-state index is 12.2. The van der Waals surface area contributed by atoms with E-state index in [1.54, 1.807) is 24.3 Å². The number of aromatic amines is 1. The Balaban J connectivity index is 1.60. The summed E-state index contributed by atoms with van der Waals surface area (Å²) in [6, 6.07) is 14.4. The highest BCUT2D eigenvalue weighted by Crippen LogP contribution is 2.15. The lowest BCUT2D eigenvalue weighted by Gasteiger charge is -2.11. The first-order valence-electron chi connectivity index (χ1n) is 6.69. The van der Waals surface area contributed by atoms with Gasteiger partial charge in [0.2, 0.25) is 0 Å². The quantitative estimate of drug-likeness (QED) is 0.424. The molecule has 1 aromatic heterocycles. The van der Waals surface area contributed by atoms with Crippen LogP contribution in [-0.2, 0) is 0 Å². The molecule has 0 radical (unpaired) electrons. The minimum Gasteiger partial charge on any atom is -0.331 e.